The molecule has 1 rings (SSSR count). The van der Waals surface area contributed by atoms with Gasteiger partial charge in [0.25, 0.3) is 0 Å². The zero-order chi connectivity index (χ0) is 12.0. The molecule has 1 atom stereocenters. The maximum atomic E-state index is 11.9. The second kappa shape index (κ2) is 6.43. The normalized spacial score (nSPS) is 12.7. The second-order valence-electron chi connectivity index (χ2n) is 4.12. The molecule has 1 aromatic rings. The van der Waals surface area contributed by atoms with Crippen LogP contribution < -0.4 is 5.73 Å². The van der Waals surface area contributed by atoms with Crippen LogP contribution in [0.2, 0.25) is 0 Å². The maximum Gasteiger partial charge on any atom is 0.182 e. The SMILES string of the molecule is CCCC(N)CC(=O)c1ccnn1CCC. The molecule has 2 N–H and O–H groups in total. The number of aromatic nitrogens is 2. The number of ketones is 1. The zero-order valence-electron chi connectivity index (χ0n) is 10.1. The molecule has 0 bridgehead atoms. The summed E-state index contributed by atoms with van der Waals surface area (Å²) in [5.74, 6) is 0.104. The van der Waals surface area contributed by atoms with E-state index in [1.165, 1.54) is 0 Å². The highest BCUT2D eigenvalue weighted by molar-refractivity contribution is 5.94. The Balaban J connectivity index is 2.61. The highest BCUT2D eigenvalue weighted by Gasteiger charge is 2.14. The van der Waals surface area contributed by atoms with Crippen LogP contribution in [0.5, 0.6) is 0 Å². The molecule has 0 spiro atoms. The summed E-state index contributed by atoms with van der Waals surface area (Å²) < 4.78 is 1.76. The number of hydrogen-bond donors (Lipinski definition) is 1. The summed E-state index contributed by atoms with van der Waals surface area (Å²) in [6, 6.07) is 1.75. The van der Waals surface area contributed by atoms with Crippen LogP contribution in [0.25, 0.3) is 0 Å². The summed E-state index contributed by atoms with van der Waals surface area (Å²) >= 11 is 0. The van der Waals surface area contributed by atoms with Crippen molar-refractivity contribution in [2.24, 2.45) is 5.73 Å². The number of rotatable bonds is 7. The first-order chi connectivity index (χ1) is 7.69. The van der Waals surface area contributed by atoms with Crippen LogP contribution in [0.3, 0.4) is 0 Å². The van der Waals surface area contributed by atoms with Gasteiger partial charge in [0.1, 0.15) is 5.69 Å². The van der Waals surface area contributed by atoms with Gasteiger partial charge in [0.15, 0.2) is 5.78 Å². The largest absolute Gasteiger partial charge is 0.327 e. The van der Waals surface area contributed by atoms with Crippen molar-refractivity contribution < 1.29 is 4.79 Å². The minimum Gasteiger partial charge on any atom is -0.327 e. The lowest BCUT2D eigenvalue weighted by atomic mass is 10.0. The molecule has 0 saturated heterocycles. The summed E-state index contributed by atoms with van der Waals surface area (Å²) in [4.78, 5) is 11.9. The molecule has 0 aliphatic rings. The van der Waals surface area contributed by atoms with Crippen molar-refractivity contribution in [3.63, 3.8) is 0 Å². The van der Waals surface area contributed by atoms with Crippen molar-refractivity contribution in [3.8, 4) is 0 Å². The fourth-order valence-electron chi connectivity index (χ4n) is 1.78. The van der Waals surface area contributed by atoms with E-state index in [0.29, 0.717) is 12.1 Å². The number of Topliss-reactive ketones (excluding diaryl/α,β-unsaturated/α-hetero) is 1. The van der Waals surface area contributed by atoms with E-state index in [2.05, 4.69) is 18.9 Å². The first kappa shape index (κ1) is 12.9. The molecule has 16 heavy (non-hydrogen) atoms. The zero-order valence-corrected chi connectivity index (χ0v) is 10.1. The third-order valence-corrected chi connectivity index (χ3v) is 2.54. The molecule has 0 saturated carbocycles. The van der Waals surface area contributed by atoms with E-state index in [-0.39, 0.29) is 11.8 Å². The van der Waals surface area contributed by atoms with E-state index < -0.39 is 0 Å². The minimum absolute atomic E-state index is 0.0255. The average Bonchev–Trinajstić information content (AvgIpc) is 2.66. The molecule has 0 aliphatic carbocycles. The highest BCUT2D eigenvalue weighted by atomic mass is 16.1. The second-order valence-corrected chi connectivity index (χ2v) is 4.12. The Morgan fingerprint density at radius 3 is 2.88 bits per heavy atom. The molecule has 0 aliphatic heterocycles. The molecular weight excluding hydrogens is 202 g/mol. The van der Waals surface area contributed by atoms with Gasteiger partial charge < -0.3 is 5.73 Å². The molecule has 0 radical (unpaired) electrons. The Morgan fingerprint density at radius 2 is 2.25 bits per heavy atom. The summed E-state index contributed by atoms with van der Waals surface area (Å²) in [6.07, 6.45) is 4.98. The third-order valence-electron chi connectivity index (χ3n) is 2.54. The average molecular weight is 223 g/mol. The van der Waals surface area contributed by atoms with E-state index in [0.717, 1.165) is 25.8 Å². The van der Waals surface area contributed by atoms with Crippen LogP contribution in [-0.2, 0) is 6.54 Å². The van der Waals surface area contributed by atoms with Crippen LogP contribution >= 0.6 is 0 Å². The quantitative estimate of drug-likeness (QED) is 0.719. The Bertz CT molecular complexity index is 333. The molecule has 4 heteroatoms. The number of carbonyl (C=O) groups excluding carboxylic acids is 1. The van der Waals surface area contributed by atoms with Gasteiger partial charge in [-0.05, 0) is 18.9 Å². The van der Waals surface area contributed by atoms with Crippen LogP contribution in [0.4, 0.5) is 0 Å². The van der Waals surface area contributed by atoms with Crippen molar-refractivity contribution in [2.45, 2.75) is 52.1 Å². The van der Waals surface area contributed by atoms with Crippen molar-refractivity contribution in [1.29, 1.82) is 0 Å². The van der Waals surface area contributed by atoms with Gasteiger partial charge in [0.05, 0.1) is 0 Å². The predicted molar refractivity (Wildman–Crippen MR) is 64.3 cm³/mol. The molecule has 90 valence electrons. The van der Waals surface area contributed by atoms with E-state index in [1.807, 2.05) is 0 Å². The molecule has 1 aromatic heterocycles. The molecule has 4 nitrogen and oxygen atoms in total. The van der Waals surface area contributed by atoms with Crippen LogP contribution in [-0.4, -0.2) is 21.6 Å². The smallest absolute Gasteiger partial charge is 0.182 e. The standard InChI is InChI=1S/C12H21N3O/c1-3-5-10(13)9-12(16)11-6-7-14-15(11)8-4-2/h6-7,10H,3-5,8-9,13H2,1-2H3. The minimum atomic E-state index is -0.0255. The van der Waals surface area contributed by atoms with Gasteiger partial charge in [0.2, 0.25) is 0 Å². The van der Waals surface area contributed by atoms with Crippen LogP contribution in [0.15, 0.2) is 12.3 Å². The summed E-state index contributed by atoms with van der Waals surface area (Å²) in [7, 11) is 0. The molecular formula is C12H21N3O. The van der Waals surface area contributed by atoms with Gasteiger partial charge in [-0.2, -0.15) is 5.10 Å². The first-order valence-corrected chi connectivity index (χ1v) is 5.99. The Labute approximate surface area is 96.8 Å². The third kappa shape index (κ3) is 3.45. The van der Waals surface area contributed by atoms with E-state index >= 15 is 0 Å². The lowest BCUT2D eigenvalue weighted by molar-refractivity contribution is 0.0962. The van der Waals surface area contributed by atoms with Crippen molar-refractivity contribution in [3.05, 3.63) is 18.0 Å². The highest BCUT2D eigenvalue weighted by Crippen LogP contribution is 2.08. The van der Waals surface area contributed by atoms with Gasteiger partial charge in [0, 0.05) is 25.2 Å². The van der Waals surface area contributed by atoms with Gasteiger partial charge in [-0.15, -0.1) is 0 Å². The predicted octanol–water partition coefficient (Wildman–Crippen LogP) is 1.99. The lowest BCUT2D eigenvalue weighted by Crippen LogP contribution is -2.24. The van der Waals surface area contributed by atoms with Gasteiger partial charge in [-0.3, -0.25) is 9.48 Å². The molecule has 1 unspecified atom stereocenters. The Morgan fingerprint density at radius 1 is 1.50 bits per heavy atom. The summed E-state index contributed by atoms with van der Waals surface area (Å²) in [5, 5.41) is 4.14. The summed E-state index contributed by atoms with van der Waals surface area (Å²) in [6.45, 7) is 4.93. The van der Waals surface area contributed by atoms with Gasteiger partial charge in [-0.25, -0.2) is 0 Å². The van der Waals surface area contributed by atoms with Crippen LogP contribution in [0.1, 0.15) is 50.0 Å². The van der Waals surface area contributed by atoms with Crippen molar-refractivity contribution in [2.75, 3.05) is 0 Å². The number of nitrogens with two attached hydrogens (primary N) is 1. The van der Waals surface area contributed by atoms with Crippen molar-refractivity contribution in [1.82, 2.24) is 9.78 Å². The number of nitrogens with zero attached hydrogens (tertiary/aromatic N) is 2. The fraction of sp³-hybridized carbons (Fsp3) is 0.667. The van der Waals surface area contributed by atoms with E-state index in [9.17, 15) is 4.79 Å². The Hall–Kier alpha value is -1.16. The van der Waals surface area contributed by atoms with Gasteiger partial charge >= 0.3 is 0 Å². The first-order valence-electron chi connectivity index (χ1n) is 5.99. The summed E-state index contributed by atoms with van der Waals surface area (Å²) in [5.41, 5.74) is 6.55. The number of aryl methyl sites for hydroxylation is 1. The van der Waals surface area contributed by atoms with Crippen molar-refractivity contribution >= 4 is 5.78 Å². The maximum absolute atomic E-state index is 11.9. The lowest BCUT2D eigenvalue weighted by Gasteiger charge is -2.10. The topological polar surface area (TPSA) is 60.9 Å². The number of hydrogen-bond acceptors (Lipinski definition) is 3. The molecule has 1 heterocycles. The van der Waals surface area contributed by atoms with Crippen LogP contribution in [0, 0.1) is 0 Å². The Kier molecular flexibility index (Phi) is 5.19. The molecule has 0 fully saturated rings. The van der Waals surface area contributed by atoms with E-state index in [4.69, 9.17) is 5.73 Å². The monoisotopic (exact) mass is 223 g/mol. The molecule has 0 amide bonds. The van der Waals surface area contributed by atoms with E-state index in [1.54, 1.807) is 16.9 Å². The van der Waals surface area contributed by atoms with Gasteiger partial charge in [-0.1, -0.05) is 20.3 Å². The number of carbonyl (C=O) groups is 1. The molecule has 0 aromatic carbocycles. The fourth-order valence-corrected chi connectivity index (χ4v) is 1.78.